The average molecular weight is 357 g/mol. The number of halogens is 2. The molecule has 1 aromatic rings. The van der Waals surface area contributed by atoms with Gasteiger partial charge in [-0.3, -0.25) is 4.79 Å². The Morgan fingerprint density at radius 3 is 2.92 bits per heavy atom. The van der Waals surface area contributed by atoms with Gasteiger partial charge in [0.05, 0.1) is 0 Å². The van der Waals surface area contributed by atoms with Crippen molar-refractivity contribution in [3.63, 3.8) is 0 Å². The van der Waals surface area contributed by atoms with E-state index in [0.29, 0.717) is 10.4 Å². The van der Waals surface area contributed by atoms with Gasteiger partial charge in [-0.2, -0.15) is 0 Å². The average Bonchev–Trinajstić information content (AvgIpc) is 2.07. The molecule has 0 radical (unpaired) electrons. The fourth-order valence-electron chi connectivity index (χ4n) is 0.682. The molecule has 0 saturated heterocycles. The van der Waals surface area contributed by atoms with Gasteiger partial charge in [-0.15, -0.1) is 0 Å². The first-order valence-corrected chi connectivity index (χ1v) is 5.24. The molecule has 1 heterocycles. The molecule has 6 heteroatoms. The van der Waals surface area contributed by atoms with E-state index in [2.05, 4.69) is 48.8 Å². The number of pyridine rings is 1. The van der Waals surface area contributed by atoms with Gasteiger partial charge in [0.1, 0.15) is 17.0 Å². The lowest BCUT2D eigenvalue weighted by Crippen LogP contribution is -2.13. The summed E-state index contributed by atoms with van der Waals surface area (Å²) in [6.07, 6.45) is 0. The van der Waals surface area contributed by atoms with E-state index in [1.165, 1.54) is 0 Å². The van der Waals surface area contributed by atoms with Crippen LogP contribution in [0.3, 0.4) is 0 Å². The lowest BCUT2D eigenvalue weighted by molar-refractivity contribution is -0.134. The summed E-state index contributed by atoms with van der Waals surface area (Å²) < 4.78 is 1.70. The second-order valence-corrected chi connectivity index (χ2v) is 4.13. The molecule has 1 rings (SSSR count). The van der Waals surface area contributed by atoms with Crippen LogP contribution in [0.25, 0.3) is 0 Å². The third kappa shape index (κ3) is 3.47. The normalized spacial score (nSPS) is 9.69. The number of nitrogens with zero attached hydrogens (tertiary/aromatic N) is 1. The van der Waals surface area contributed by atoms with Crippen LogP contribution in [-0.4, -0.2) is 22.6 Å². The van der Waals surface area contributed by atoms with E-state index in [1.807, 2.05) is 6.07 Å². The quantitative estimate of drug-likeness (QED) is 0.642. The van der Waals surface area contributed by atoms with Crippen LogP contribution in [0.2, 0.25) is 0 Å². The number of rotatable bonds is 3. The number of carbonyl (C=O) groups is 1. The summed E-state index contributed by atoms with van der Waals surface area (Å²) in [5, 5.41) is 11.1. The topological polar surface area (TPSA) is 62.2 Å². The molecule has 0 atom stereocenters. The molecule has 0 aliphatic carbocycles. The monoisotopic (exact) mass is 356 g/mol. The zero-order chi connectivity index (χ0) is 9.84. The second kappa shape index (κ2) is 4.75. The standard InChI is InChI=1S/C7H6BrIN2O2/c8-7-4(9)1-2-5(11-7)10-3-6(12)13/h1-2H,3H2,(H,10,11)(H,12,13). The van der Waals surface area contributed by atoms with Gasteiger partial charge in [-0.25, -0.2) is 4.98 Å². The Hall–Kier alpha value is -0.370. The summed E-state index contributed by atoms with van der Waals surface area (Å²) >= 11 is 5.38. The highest BCUT2D eigenvalue weighted by Crippen LogP contribution is 2.18. The number of hydrogen-bond donors (Lipinski definition) is 2. The van der Waals surface area contributed by atoms with Crippen LogP contribution < -0.4 is 5.32 Å². The van der Waals surface area contributed by atoms with Crippen molar-refractivity contribution in [3.05, 3.63) is 20.3 Å². The van der Waals surface area contributed by atoms with Gasteiger partial charge >= 0.3 is 5.97 Å². The number of hydrogen-bond acceptors (Lipinski definition) is 3. The Morgan fingerprint density at radius 1 is 1.69 bits per heavy atom. The van der Waals surface area contributed by atoms with Crippen molar-refractivity contribution in [2.45, 2.75) is 0 Å². The summed E-state index contributed by atoms with van der Waals surface area (Å²) in [4.78, 5) is 14.3. The van der Waals surface area contributed by atoms with Gasteiger partial charge in [0, 0.05) is 3.57 Å². The molecule has 0 aromatic carbocycles. The largest absolute Gasteiger partial charge is 0.480 e. The van der Waals surface area contributed by atoms with E-state index in [0.717, 1.165) is 3.57 Å². The number of anilines is 1. The molecular weight excluding hydrogens is 351 g/mol. The Morgan fingerprint density at radius 2 is 2.38 bits per heavy atom. The van der Waals surface area contributed by atoms with Crippen molar-refractivity contribution in [2.24, 2.45) is 0 Å². The first-order valence-electron chi connectivity index (χ1n) is 3.37. The Bertz CT molecular complexity index is 332. The van der Waals surface area contributed by atoms with Gasteiger partial charge in [0.2, 0.25) is 0 Å². The zero-order valence-corrected chi connectivity index (χ0v) is 10.2. The predicted octanol–water partition coefficient (Wildman–Crippen LogP) is 1.95. The van der Waals surface area contributed by atoms with Crippen molar-refractivity contribution in [1.29, 1.82) is 0 Å². The van der Waals surface area contributed by atoms with E-state index in [4.69, 9.17) is 5.11 Å². The maximum absolute atomic E-state index is 10.2. The van der Waals surface area contributed by atoms with Crippen LogP contribution in [0.15, 0.2) is 16.7 Å². The van der Waals surface area contributed by atoms with Gasteiger partial charge in [0.25, 0.3) is 0 Å². The summed E-state index contributed by atoms with van der Waals surface area (Å²) in [5.41, 5.74) is 0. The third-order valence-electron chi connectivity index (χ3n) is 1.22. The highest BCUT2D eigenvalue weighted by atomic mass is 127. The van der Waals surface area contributed by atoms with Crippen LogP contribution in [0.5, 0.6) is 0 Å². The molecule has 0 saturated carbocycles. The minimum absolute atomic E-state index is 0.125. The SMILES string of the molecule is O=C(O)CNc1ccc(I)c(Br)n1. The van der Waals surface area contributed by atoms with Gasteiger partial charge in [0.15, 0.2) is 0 Å². The molecule has 0 unspecified atom stereocenters. The molecule has 0 aliphatic heterocycles. The van der Waals surface area contributed by atoms with E-state index >= 15 is 0 Å². The number of carboxylic acid groups (broad SMARTS) is 1. The lowest BCUT2D eigenvalue weighted by atomic mass is 10.4. The minimum atomic E-state index is -0.906. The van der Waals surface area contributed by atoms with Crippen LogP contribution in [-0.2, 0) is 4.79 Å². The Labute approximate surface area is 97.0 Å². The van der Waals surface area contributed by atoms with Gasteiger partial charge < -0.3 is 10.4 Å². The smallest absolute Gasteiger partial charge is 0.322 e. The Balaban J connectivity index is 2.68. The molecule has 0 bridgehead atoms. The maximum atomic E-state index is 10.2. The van der Waals surface area contributed by atoms with E-state index < -0.39 is 5.97 Å². The first-order chi connectivity index (χ1) is 6.09. The fraction of sp³-hybridized carbons (Fsp3) is 0.143. The van der Waals surface area contributed by atoms with Crippen molar-refractivity contribution in [2.75, 3.05) is 11.9 Å². The first kappa shape index (κ1) is 10.7. The zero-order valence-electron chi connectivity index (χ0n) is 6.42. The van der Waals surface area contributed by atoms with E-state index in [9.17, 15) is 4.79 Å². The minimum Gasteiger partial charge on any atom is -0.480 e. The van der Waals surface area contributed by atoms with Crippen molar-refractivity contribution in [3.8, 4) is 0 Å². The summed E-state index contributed by atoms with van der Waals surface area (Å²) in [6, 6.07) is 3.58. The van der Waals surface area contributed by atoms with Crippen molar-refractivity contribution in [1.82, 2.24) is 4.98 Å². The van der Waals surface area contributed by atoms with Crippen LogP contribution in [0.1, 0.15) is 0 Å². The number of carboxylic acids is 1. The van der Waals surface area contributed by atoms with E-state index in [-0.39, 0.29) is 6.54 Å². The van der Waals surface area contributed by atoms with Crippen molar-refractivity contribution < 1.29 is 9.90 Å². The Kier molecular flexibility index (Phi) is 3.91. The molecule has 0 spiro atoms. The molecule has 4 nitrogen and oxygen atoms in total. The van der Waals surface area contributed by atoms with Crippen LogP contribution >= 0.6 is 38.5 Å². The van der Waals surface area contributed by atoms with Crippen molar-refractivity contribution >= 4 is 50.3 Å². The van der Waals surface area contributed by atoms with Gasteiger partial charge in [-0.1, -0.05) is 0 Å². The highest BCUT2D eigenvalue weighted by molar-refractivity contribution is 14.1. The molecule has 1 aromatic heterocycles. The number of aliphatic carboxylic acids is 1. The fourth-order valence-corrected chi connectivity index (χ4v) is 1.31. The molecule has 70 valence electrons. The lowest BCUT2D eigenvalue weighted by Gasteiger charge is -2.03. The summed E-state index contributed by atoms with van der Waals surface area (Å²) in [7, 11) is 0. The molecule has 0 amide bonds. The summed E-state index contributed by atoms with van der Waals surface area (Å²) in [5.74, 6) is -0.355. The van der Waals surface area contributed by atoms with Crippen LogP contribution in [0.4, 0.5) is 5.82 Å². The highest BCUT2D eigenvalue weighted by Gasteiger charge is 2.01. The predicted molar refractivity (Wildman–Crippen MR) is 60.8 cm³/mol. The molecule has 13 heavy (non-hydrogen) atoms. The van der Waals surface area contributed by atoms with Gasteiger partial charge in [-0.05, 0) is 50.7 Å². The van der Waals surface area contributed by atoms with Crippen LogP contribution in [0, 0.1) is 3.57 Å². The maximum Gasteiger partial charge on any atom is 0.322 e. The number of nitrogens with one attached hydrogen (secondary N) is 1. The van der Waals surface area contributed by atoms with E-state index in [1.54, 1.807) is 6.07 Å². The number of aromatic nitrogens is 1. The summed E-state index contributed by atoms with van der Waals surface area (Å²) in [6.45, 7) is -0.125. The molecular formula is C7H6BrIN2O2. The molecule has 0 fully saturated rings. The molecule has 0 aliphatic rings. The molecule has 2 N–H and O–H groups in total. The second-order valence-electron chi connectivity index (χ2n) is 2.22. The third-order valence-corrected chi connectivity index (χ3v) is 3.44.